The van der Waals surface area contributed by atoms with Gasteiger partial charge < -0.3 is 5.32 Å². The van der Waals surface area contributed by atoms with Crippen LogP contribution in [0, 0.1) is 5.41 Å². The second kappa shape index (κ2) is 5.08. The molecule has 3 nitrogen and oxygen atoms in total. The second-order valence-electron chi connectivity index (χ2n) is 5.54. The molecule has 1 rings (SSSR count). The van der Waals surface area contributed by atoms with Crippen LogP contribution in [0.3, 0.4) is 0 Å². The standard InChI is InChI=1S/C13H21NO2S/c1-13(2,3)8-9-14-11-6-5-7-12(10-11)17(4,15)16/h5-7,10,14H,8-9H2,1-4H3. The first-order valence-corrected chi connectivity index (χ1v) is 7.62. The van der Waals surface area contributed by atoms with Gasteiger partial charge in [-0.15, -0.1) is 0 Å². The minimum absolute atomic E-state index is 0.279. The third kappa shape index (κ3) is 5.22. The van der Waals surface area contributed by atoms with E-state index < -0.39 is 9.84 Å². The quantitative estimate of drug-likeness (QED) is 0.899. The molecule has 0 atom stereocenters. The third-order valence-electron chi connectivity index (χ3n) is 2.47. The molecule has 4 heteroatoms. The molecule has 0 unspecified atom stereocenters. The number of hydrogen-bond acceptors (Lipinski definition) is 3. The number of sulfone groups is 1. The minimum atomic E-state index is -3.12. The Labute approximate surface area is 104 Å². The SMILES string of the molecule is CC(C)(C)CCNc1cccc(S(C)(=O)=O)c1. The van der Waals surface area contributed by atoms with Gasteiger partial charge in [-0.2, -0.15) is 0 Å². The van der Waals surface area contributed by atoms with Crippen LogP contribution in [0.25, 0.3) is 0 Å². The van der Waals surface area contributed by atoms with Crippen molar-refractivity contribution in [2.75, 3.05) is 18.1 Å². The Balaban J connectivity index is 2.68. The molecule has 0 saturated heterocycles. The zero-order valence-corrected chi connectivity index (χ0v) is 11.8. The number of nitrogens with one attached hydrogen (secondary N) is 1. The average molecular weight is 255 g/mol. The molecule has 0 aliphatic heterocycles. The summed E-state index contributed by atoms with van der Waals surface area (Å²) in [6, 6.07) is 6.94. The van der Waals surface area contributed by atoms with Gasteiger partial charge in [0, 0.05) is 18.5 Å². The molecule has 1 aromatic carbocycles. The van der Waals surface area contributed by atoms with Gasteiger partial charge in [-0.3, -0.25) is 0 Å². The van der Waals surface area contributed by atoms with Crippen molar-refractivity contribution >= 4 is 15.5 Å². The maximum atomic E-state index is 11.4. The van der Waals surface area contributed by atoms with Crippen molar-refractivity contribution in [1.29, 1.82) is 0 Å². The van der Waals surface area contributed by atoms with Gasteiger partial charge in [0.15, 0.2) is 9.84 Å². The lowest BCUT2D eigenvalue weighted by atomic mass is 9.92. The Morgan fingerprint density at radius 3 is 2.41 bits per heavy atom. The van der Waals surface area contributed by atoms with E-state index in [4.69, 9.17) is 0 Å². The number of anilines is 1. The normalized spacial score (nSPS) is 12.5. The van der Waals surface area contributed by atoms with E-state index in [-0.39, 0.29) is 5.41 Å². The molecule has 0 radical (unpaired) electrons. The molecule has 0 aromatic heterocycles. The molecule has 0 spiro atoms. The highest BCUT2D eigenvalue weighted by atomic mass is 32.2. The zero-order valence-electron chi connectivity index (χ0n) is 10.9. The van der Waals surface area contributed by atoms with Gasteiger partial charge in [0.25, 0.3) is 0 Å². The number of rotatable bonds is 4. The Bertz CT molecular complexity index is 472. The number of hydrogen-bond donors (Lipinski definition) is 1. The van der Waals surface area contributed by atoms with E-state index in [0.717, 1.165) is 18.7 Å². The summed E-state index contributed by atoms with van der Waals surface area (Å²) < 4.78 is 22.8. The van der Waals surface area contributed by atoms with Crippen molar-refractivity contribution in [2.45, 2.75) is 32.1 Å². The predicted molar refractivity (Wildman–Crippen MR) is 72.1 cm³/mol. The van der Waals surface area contributed by atoms with E-state index >= 15 is 0 Å². The van der Waals surface area contributed by atoms with Crippen LogP contribution in [0.5, 0.6) is 0 Å². The monoisotopic (exact) mass is 255 g/mol. The fourth-order valence-corrected chi connectivity index (χ4v) is 2.09. The van der Waals surface area contributed by atoms with Gasteiger partial charge in [-0.05, 0) is 30.0 Å². The summed E-state index contributed by atoms with van der Waals surface area (Å²) in [5.74, 6) is 0. The first kappa shape index (κ1) is 14.0. The number of benzene rings is 1. The van der Waals surface area contributed by atoms with Gasteiger partial charge in [0.1, 0.15) is 0 Å². The minimum Gasteiger partial charge on any atom is -0.385 e. The van der Waals surface area contributed by atoms with Crippen LogP contribution in [0.1, 0.15) is 27.2 Å². The molecule has 0 aliphatic carbocycles. The molecule has 0 saturated carbocycles. The summed E-state index contributed by atoms with van der Waals surface area (Å²) in [6.45, 7) is 7.39. The molecular weight excluding hydrogens is 234 g/mol. The van der Waals surface area contributed by atoms with Crippen LogP contribution in [-0.4, -0.2) is 21.2 Å². The van der Waals surface area contributed by atoms with E-state index in [1.165, 1.54) is 6.26 Å². The van der Waals surface area contributed by atoms with Crippen LogP contribution in [0.15, 0.2) is 29.2 Å². The average Bonchev–Trinajstić information content (AvgIpc) is 2.15. The first-order chi connectivity index (χ1) is 7.68. The summed E-state index contributed by atoms with van der Waals surface area (Å²) in [6.07, 6.45) is 2.26. The summed E-state index contributed by atoms with van der Waals surface area (Å²) in [5, 5.41) is 3.25. The molecule has 1 N–H and O–H groups in total. The maximum absolute atomic E-state index is 11.4. The molecule has 0 heterocycles. The van der Waals surface area contributed by atoms with Gasteiger partial charge in [0.2, 0.25) is 0 Å². The van der Waals surface area contributed by atoms with Crippen molar-refractivity contribution in [2.24, 2.45) is 5.41 Å². The van der Waals surface area contributed by atoms with Crippen LogP contribution in [0.2, 0.25) is 0 Å². The summed E-state index contributed by atoms with van der Waals surface area (Å²) in [4.78, 5) is 0.359. The van der Waals surface area contributed by atoms with Crippen molar-refractivity contribution in [3.05, 3.63) is 24.3 Å². The Kier molecular flexibility index (Phi) is 4.20. The highest BCUT2D eigenvalue weighted by Crippen LogP contribution is 2.19. The molecular formula is C13H21NO2S. The van der Waals surface area contributed by atoms with Crippen LogP contribution in [-0.2, 0) is 9.84 Å². The molecule has 0 amide bonds. The molecule has 0 bridgehead atoms. The lowest BCUT2D eigenvalue weighted by Gasteiger charge is -2.18. The Morgan fingerprint density at radius 1 is 1.24 bits per heavy atom. The summed E-state index contributed by atoms with van der Waals surface area (Å²) in [7, 11) is -3.12. The van der Waals surface area contributed by atoms with Crippen LogP contribution in [0.4, 0.5) is 5.69 Å². The summed E-state index contributed by atoms with van der Waals surface area (Å²) >= 11 is 0. The Morgan fingerprint density at radius 2 is 1.88 bits per heavy atom. The van der Waals surface area contributed by atoms with Crippen molar-refractivity contribution in [3.63, 3.8) is 0 Å². The van der Waals surface area contributed by atoms with Gasteiger partial charge in [0.05, 0.1) is 4.90 Å². The molecule has 1 aromatic rings. The largest absolute Gasteiger partial charge is 0.385 e. The van der Waals surface area contributed by atoms with E-state index in [0.29, 0.717) is 4.90 Å². The van der Waals surface area contributed by atoms with E-state index in [1.807, 2.05) is 6.07 Å². The molecule has 17 heavy (non-hydrogen) atoms. The van der Waals surface area contributed by atoms with Crippen LogP contribution < -0.4 is 5.32 Å². The highest BCUT2D eigenvalue weighted by Gasteiger charge is 2.10. The van der Waals surface area contributed by atoms with E-state index in [1.54, 1.807) is 18.2 Å². The molecule has 0 fully saturated rings. The Hall–Kier alpha value is -1.03. The fraction of sp³-hybridized carbons (Fsp3) is 0.538. The molecule has 96 valence electrons. The lowest BCUT2D eigenvalue weighted by molar-refractivity contribution is 0.390. The lowest BCUT2D eigenvalue weighted by Crippen LogP contribution is -2.13. The summed E-state index contributed by atoms with van der Waals surface area (Å²) in [5.41, 5.74) is 1.14. The van der Waals surface area contributed by atoms with E-state index in [2.05, 4.69) is 26.1 Å². The zero-order chi connectivity index (χ0) is 13.1. The van der Waals surface area contributed by atoms with Crippen molar-refractivity contribution in [3.8, 4) is 0 Å². The maximum Gasteiger partial charge on any atom is 0.175 e. The van der Waals surface area contributed by atoms with Crippen LogP contribution >= 0.6 is 0 Å². The predicted octanol–water partition coefficient (Wildman–Crippen LogP) is 2.94. The first-order valence-electron chi connectivity index (χ1n) is 5.72. The van der Waals surface area contributed by atoms with E-state index in [9.17, 15) is 8.42 Å². The van der Waals surface area contributed by atoms with Crippen molar-refractivity contribution in [1.82, 2.24) is 0 Å². The topological polar surface area (TPSA) is 46.2 Å². The fourth-order valence-electron chi connectivity index (χ4n) is 1.42. The smallest absolute Gasteiger partial charge is 0.175 e. The van der Waals surface area contributed by atoms with Crippen molar-refractivity contribution < 1.29 is 8.42 Å². The highest BCUT2D eigenvalue weighted by molar-refractivity contribution is 7.90. The molecule has 0 aliphatic rings. The van der Waals surface area contributed by atoms with Gasteiger partial charge >= 0.3 is 0 Å². The second-order valence-corrected chi connectivity index (χ2v) is 7.55. The van der Waals surface area contributed by atoms with Gasteiger partial charge in [-0.1, -0.05) is 26.8 Å². The van der Waals surface area contributed by atoms with Gasteiger partial charge in [-0.25, -0.2) is 8.42 Å². The third-order valence-corrected chi connectivity index (χ3v) is 3.58.